The number of imide groups is 2. The highest BCUT2D eigenvalue weighted by Crippen LogP contribution is 2.38. The van der Waals surface area contributed by atoms with Gasteiger partial charge in [-0.25, -0.2) is 14.1 Å². The number of carbonyl (C=O) groups is 3. The number of hydrogen-bond acceptors (Lipinski definition) is 5. The van der Waals surface area contributed by atoms with E-state index in [4.69, 9.17) is 9.47 Å². The molecule has 3 aromatic carbocycles. The van der Waals surface area contributed by atoms with Crippen LogP contribution in [0, 0.1) is 5.82 Å². The van der Waals surface area contributed by atoms with E-state index in [1.807, 2.05) is 0 Å². The van der Waals surface area contributed by atoms with Crippen molar-refractivity contribution in [1.82, 2.24) is 5.32 Å². The third-order valence-corrected chi connectivity index (χ3v) is 5.68. The van der Waals surface area contributed by atoms with Crippen LogP contribution in [0.2, 0.25) is 0 Å². The van der Waals surface area contributed by atoms with Gasteiger partial charge in [0.2, 0.25) is 0 Å². The quantitative estimate of drug-likeness (QED) is 0.328. The van der Waals surface area contributed by atoms with Gasteiger partial charge in [0.25, 0.3) is 11.8 Å². The molecule has 178 valence electrons. The first-order valence-corrected chi connectivity index (χ1v) is 11.5. The van der Waals surface area contributed by atoms with Crippen LogP contribution >= 0.6 is 15.9 Å². The zero-order valence-electron chi connectivity index (χ0n) is 18.6. The summed E-state index contributed by atoms with van der Waals surface area (Å²) in [5, 5.41) is 2.19. The van der Waals surface area contributed by atoms with Gasteiger partial charge in [0, 0.05) is 5.56 Å². The number of halogens is 2. The van der Waals surface area contributed by atoms with Crippen molar-refractivity contribution < 1.29 is 28.2 Å². The molecule has 1 N–H and O–H groups in total. The molecule has 3 aromatic rings. The van der Waals surface area contributed by atoms with Crippen LogP contribution in [0.1, 0.15) is 18.1 Å². The molecule has 1 aliphatic rings. The Balaban J connectivity index is 1.66. The van der Waals surface area contributed by atoms with Crippen molar-refractivity contribution in [3.8, 4) is 11.5 Å². The number of para-hydroxylation sites is 1. The minimum Gasteiger partial charge on any atom is -0.490 e. The fourth-order valence-corrected chi connectivity index (χ4v) is 4.05. The first-order chi connectivity index (χ1) is 16.9. The minimum absolute atomic E-state index is 0.0270. The summed E-state index contributed by atoms with van der Waals surface area (Å²) in [6.07, 6.45) is 1.37. The molecule has 9 heteroatoms. The largest absolute Gasteiger partial charge is 0.490 e. The van der Waals surface area contributed by atoms with E-state index >= 15 is 0 Å². The number of nitrogens with one attached hydrogen (secondary N) is 1. The second-order valence-electron chi connectivity index (χ2n) is 7.44. The smallest absolute Gasteiger partial charge is 0.335 e. The van der Waals surface area contributed by atoms with Crippen LogP contribution in [0.25, 0.3) is 6.08 Å². The number of hydrogen-bond donors (Lipinski definition) is 1. The van der Waals surface area contributed by atoms with Gasteiger partial charge in [-0.15, -0.1) is 0 Å². The molecule has 35 heavy (non-hydrogen) atoms. The minimum atomic E-state index is -0.823. The number of ether oxygens (including phenoxy) is 2. The van der Waals surface area contributed by atoms with E-state index in [-0.39, 0.29) is 18.0 Å². The average molecular weight is 539 g/mol. The molecule has 0 aromatic heterocycles. The van der Waals surface area contributed by atoms with Crippen molar-refractivity contribution in [3.63, 3.8) is 0 Å². The number of carbonyl (C=O) groups excluding carboxylic acids is 3. The van der Waals surface area contributed by atoms with Crippen LogP contribution in [0.15, 0.2) is 76.8 Å². The zero-order valence-corrected chi connectivity index (χ0v) is 20.2. The lowest BCUT2D eigenvalue weighted by molar-refractivity contribution is -0.122. The van der Waals surface area contributed by atoms with Gasteiger partial charge in [-0.1, -0.05) is 36.4 Å². The predicted octanol–water partition coefficient (Wildman–Crippen LogP) is 5.23. The molecule has 4 rings (SSSR count). The average Bonchev–Trinajstić information content (AvgIpc) is 2.83. The van der Waals surface area contributed by atoms with Crippen LogP contribution in [0.4, 0.5) is 14.9 Å². The Morgan fingerprint density at radius 2 is 1.71 bits per heavy atom. The first-order valence-electron chi connectivity index (χ1n) is 10.7. The molecule has 7 nitrogen and oxygen atoms in total. The van der Waals surface area contributed by atoms with Gasteiger partial charge in [0.15, 0.2) is 11.5 Å². The molecule has 1 aliphatic heterocycles. The van der Waals surface area contributed by atoms with E-state index in [2.05, 4.69) is 21.2 Å². The molecule has 1 heterocycles. The maximum atomic E-state index is 14.0. The monoisotopic (exact) mass is 538 g/mol. The van der Waals surface area contributed by atoms with E-state index in [0.29, 0.717) is 39.4 Å². The number of nitrogens with zero attached hydrogens (tertiary/aromatic N) is 1. The van der Waals surface area contributed by atoms with Crippen molar-refractivity contribution >= 4 is 45.5 Å². The van der Waals surface area contributed by atoms with Gasteiger partial charge >= 0.3 is 6.03 Å². The maximum absolute atomic E-state index is 14.0. The van der Waals surface area contributed by atoms with Gasteiger partial charge in [0.1, 0.15) is 18.0 Å². The van der Waals surface area contributed by atoms with Crippen LogP contribution in [0.5, 0.6) is 11.5 Å². The lowest BCUT2D eigenvalue weighted by atomic mass is 10.1. The van der Waals surface area contributed by atoms with Gasteiger partial charge in [-0.05, 0) is 64.8 Å². The number of rotatable bonds is 7. The second kappa shape index (κ2) is 10.5. The van der Waals surface area contributed by atoms with Crippen LogP contribution in [-0.4, -0.2) is 24.5 Å². The Labute approximate surface area is 209 Å². The standard InChI is InChI=1S/C26H20BrFN2O5/c1-2-34-22-14-16(13-20(27)23(22)35-15-17-8-6-7-11-21(17)28)12-19-24(31)29-26(33)30(25(19)32)18-9-4-3-5-10-18/h3-14H,2,15H2,1H3,(H,29,31,33)/b19-12+. The molecule has 0 unspecified atom stereocenters. The lowest BCUT2D eigenvalue weighted by Gasteiger charge is -2.26. The summed E-state index contributed by atoms with van der Waals surface area (Å²) >= 11 is 3.44. The Morgan fingerprint density at radius 3 is 2.43 bits per heavy atom. The Morgan fingerprint density at radius 1 is 1.00 bits per heavy atom. The zero-order chi connectivity index (χ0) is 24.9. The van der Waals surface area contributed by atoms with Crippen molar-refractivity contribution in [2.24, 2.45) is 0 Å². The normalized spacial score (nSPS) is 14.8. The van der Waals surface area contributed by atoms with Crippen LogP contribution in [0.3, 0.4) is 0 Å². The topological polar surface area (TPSA) is 84.9 Å². The summed E-state index contributed by atoms with van der Waals surface area (Å²) in [6, 6.07) is 17.0. The van der Waals surface area contributed by atoms with E-state index in [1.165, 1.54) is 12.1 Å². The van der Waals surface area contributed by atoms with E-state index in [0.717, 1.165) is 4.90 Å². The third kappa shape index (κ3) is 5.25. The highest BCUT2D eigenvalue weighted by Gasteiger charge is 2.36. The Hall–Kier alpha value is -3.98. The summed E-state index contributed by atoms with van der Waals surface area (Å²) in [5.74, 6) is -1.26. The van der Waals surface area contributed by atoms with Gasteiger partial charge in [0.05, 0.1) is 16.8 Å². The lowest BCUT2D eigenvalue weighted by Crippen LogP contribution is -2.54. The van der Waals surface area contributed by atoms with E-state index < -0.39 is 17.8 Å². The van der Waals surface area contributed by atoms with E-state index in [1.54, 1.807) is 67.6 Å². The van der Waals surface area contributed by atoms with Gasteiger partial charge in [-0.2, -0.15) is 0 Å². The van der Waals surface area contributed by atoms with Crippen LogP contribution in [-0.2, 0) is 16.2 Å². The molecule has 1 fully saturated rings. The Kier molecular flexibility index (Phi) is 7.26. The van der Waals surface area contributed by atoms with E-state index in [9.17, 15) is 18.8 Å². The Bertz CT molecular complexity index is 1330. The van der Waals surface area contributed by atoms with Crippen LogP contribution < -0.4 is 19.7 Å². The molecule has 4 amide bonds. The fourth-order valence-electron chi connectivity index (χ4n) is 3.48. The van der Waals surface area contributed by atoms with Crippen molar-refractivity contribution in [1.29, 1.82) is 0 Å². The van der Waals surface area contributed by atoms with Gasteiger partial charge < -0.3 is 9.47 Å². The fraction of sp³-hybridized carbons (Fsp3) is 0.115. The summed E-state index contributed by atoms with van der Waals surface area (Å²) in [6.45, 7) is 2.08. The molecule has 0 bridgehead atoms. The summed E-state index contributed by atoms with van der Waals surface area (Å²) < 4.78 is 26.0. The molecular weight excluding hydrogens is 519 g/mol. The molecular formula is C26H20BrFN2O5. The van der Waals surface area contributed by atoms with Crippen molar-refractivity contribution in [2.75, 3.05) is 11.5 Å². The maximum Gasteiger partial charge on any atom is 0.335 e. The summed E-state index contributed by atoms with van der Waals surface area (Å²) in [5.41, 5.74) is 0.951. The molecule has 0 spiro atoms. The summed E-state index contributed by atoms with van der Waals surface area (Å²) in [7, 11) is 0. The second-order valence-corrected chi connectivity index (χ2v) is 8.29. The molecule has 0 atom stereocenters. The number of anilines is 1. The predicted molar refractivity (Wildman–Crippen MR) is 131 cm³/mol. The first kappa shape index (κ1) is 24.2. The molecule has 0 aliphatic carbocycles. The summed E-state index contributed by atoms with van der Waals surface area (Å²) in [4.78, 5) is 38.8. The number of barbiturate groups is 1. The molecule has 0 saturated carbocycles. The highest BCUT2D eigenvalue weighted by molar-refractivity contribution is 9.10. The molecule has 1 saturated heterocycles. The highest BCUT2D eigenvalue weighted by atomic mass is 79.9. The van der Waals surface area contributed by atoms with Gasteiger partial charge in [-0.3, -0.25) is 14.9 Å². The molecule has 0 radical (unpaired) electrons. The SMILES string of the molecule is CCOc1cc(/C=C2\C(=O)NC(=O)N(c3ccccc3)C2=O)cc(Br)c1OCc1ccccc1F. The third-order valence-electron chi connectivity index (χ3n) is 5.09. The number of benzene rings is 3. The number of amides is 4. The van der Waals surface area contributed by atoms with Crippen molar-refractivity contribution in [2.45, 2.75) is 13.5 Å². The van der Waals surface area contributed by atoms with Crippen molar-refractivity contribution in [3.05, 3.63) is 93.7 Å². The number of urea groups is 1.